The summed E-state index contributed by atoms with van der Waals surface area (Å²) in [6.07, 6.45) is -3.97. The third kappa shape index (κ3) is 4.10. The van der Waals surface area contributed by atoms with Crippen LogP contribution in [0.1, 0.15) is 34.4 Å². The van der Waals surface area contributed by atoms with Gasteiger partial charge < -0.3 is 10.1 Å². The highest BCUT2D eigenvalue weighted by atomic mass is 19.4. The van der Waals surface area contributed by atoms with Crippen LogP contribution in [0.5, 0.6) is 5.88 Å². The number of methoxy groups -OCH3 is 1. The van der Waals surface area contributed by atoms with Gasteiger partial charge in [-0.05, 0) is 56.0 Å². The smallest absolute Gasteiger partial charge is 0.416 e. The fourth-order valence-corrected chi connectivity index (χ4v) is 3.57. The van der Waals surface area contributed by atoms with Gasteiger partial charge in [0, 0.05) is 24.8 Å². The van der Waals surface area contributed by atoms with Crippen LogP contribution >= 0.6 is 0 Å². The van der Waals surface area contributed by atoms with Crippen molar-refractivity contribution in [2.45, 2.75) is 39.8 Å². The molecule has 0 atom stereocenters. The number of fused-ring (bicyclic) bond motifs is 1. The van der Waals surface area contributed by atoms with E-state index < -0.39 is 11.7 Å². The topological polar surface area (TPSA) is 69.0 Å². The maximum atomic E-state index is 13.1. The predicted molar refractivity (Wildman–Crippen MR) is 108 cm³/mol. The molecule has 1 N–H and O–H groups in total. The van der Waals surface area contributed by atoms with E-state index in [1.54, 1.807) is 11.7 Å². The molecule has 6 nitrogen and oxygen atoms in total. The number of amides is 1. The lowest BCUT2D eigenvalue weighted by atomic mass is 10.00. The number of pyridine rings is 1. The fraction of sp³-hybridized carbons (Fsp3) is 0.381. The molecule has 30 heavy (non-hydrogen) atoms. The maximum absolute atomic E-state index is 13.1. The van der Waals surface area contributed by atoms with Gasteiger partial charge in [0.15, 0.2) is 5.65 Å². The van der Waals surface area contributed by atoms with Crippen LogP contribution in [0.4, 0.5) is 18.9 Å². The lowest BCUT2D eigenvalue weighted by Crippen LogP contribution is -2.15. The summed E-state index contributed by atoms with van der Waals surface area (Å²) in [6, 6.07) is 3.77. The third-order valence-corrected chi connectivity index (χ3v) is 5.14. The predicted octanol–water partition coefficient (Wildman–Crippen LogP) is 4.49. The van der Waals surface area contributed by atoms with Crippen molar-refractivity contribution in [3.8, 4) is 5.88 Å². The van der Waals surface area contributed by atoms with Crippen molar-refractivity contribution in [2.24, 2.45) is 7.05 Å². The van der Waals surface area contributed by atoms with Gasteiger partial charge in [-0.25, -0.2) is 9.67 Å². The van der Waals surface area contributed by atoms with Crippen molar-refractivity contribution < 1.29 is 22.7 Å². The molecule has 2 heterocycles. The molecule has 9 heteroatoms. The SMILES string of the molecule is COc1nn(C)c2nc(C)c(CCC(=O)Nc3ccc(C)c(C(F)(F)F)c3)c(C)c12. The van der Waals surface area contributed by atoms with Crippen LogP contribution in [-0.2, 0) is 24.4 Å². The van der Waals surface area contributed by atoms with Crippen molar-refractivity contribution in [3.63, 3.8) is 0 Å². The van der Waals surface area contributed by atoms with Crippen LogP contribution in [-0.4, -0.2) is 27.8 Å². The first-order valence-corrected chi connectivity index (χ1v) is 9.37. The number of ether oxygens (including phenoxy) is 1. The maximum Gasteiger partial charge on any atom is 0.416 e. The van der Waals surface area contributed by atoms with E-state index in [-0.39, 0.29) is 23.6 Å². The molecule has 0 saturated carbocycles. The first kappa shape index (κ1) is 21.6. The Kier molecular flexibility index (Phi) is 5.74. The van der Waals surface area contributed by atoms with Gasteiger partial charge in [0.2, 0.25) is 11.8 Å². The Morgan fingerprint density at radius 2 is 1.93 bits per heavy atom. The molecular formula is C21H23F3N4O2. The zero-order valence-electron chi connectivity index (χ0n) is 17.4. The van der Waals surface area contributed by atoms with E-state index in [4.69, 9.17) is 4.74 Å². The number of anilines is 1. The summed E-state index contributed by atoms with van der Waals surface area (Å²) in [4.78, 5) is 17.0. The normalized spacial score (nSPS) is 11.7. The highest BCUT2D eigenvalue weighted by molar-refractivity contribution is 5.91. The molecular weight excluding hydrogens is 397 g/mol. The Morgan fingerprint density at radius 3 is 2.57 bits per heavy atom. The number of halogens is 3. The quantitative estimate of drug-likeness (QED) is 0.660. The van der Waals surface area contributed by atoms with E-state index in [1.807, 2.05) is 13.8 Å². The van der Waals surface area contributed by atoms with E-state index in [0.717, 1.165) is 28.3 Å². The van der Waals surface area contributed by atoms with E-state index in [9.17, 15) is 18.0 Å². The van der Waals surface area contributed by atoms with E-state index in [0.29, 0.717) is 17.9 Å². The van der Waals surface area contributed by atoms with Gasteiger partial charge in [-0.15, -0.1) is 5.10 Å². The Labute approximate surface area is 172 Å². The van der Waals surface area contributed by atoms with Gasteiger partial charge in [0.05, 0.1) is 18.1 Å². The monoisotopic (exact) mass is 420 g/mol. The molecule has 0 saturated heterocycles. The lowest BCUT2D eigenvalue weighted by molar-refractivity contribution is -0.138. The van der Waals surface area contributed by atoms with Gasteiger partial charge in [0.25, 0.3) is 0 Å². The van der Waals surface area contributed by atoms with Crippen LogP contribution < -0.4 is 10.1 Å². The number of carbonyl (C=O) groups is 1. The minimum absolute atomic E-state index is 0.104. The molecule has 0 aliphatic rings. The Morgan fingerprint density at radius 1 is 1.23 bits per heavy atom. The van der Waals surface area contributed by atoms with Crippen LogP contribution in [0.3, 0.4) is 0 Å². The highest BCUT2D eigenvalue weighted by Crippen LogP contribution is 2.34. The first-order chi connectivity index (χ1) is 14.0. The fourth-order valence-electron chi connectivity index (χ4n) is 3.57. The first-order valence-electron chi connectivity index (χ1n) is 9.37. The zero-order chi connectivity index (χ0) is 22.2. The molecule has 0 unspecified atom stereocenters. The van der Waals surface area contributed by atoms with Crippen molar-refractivity contribution in [3.05, 3.63) is 46.1 Å². The minimum Gasteiger partial charge on any atom is -0.479 e. The summed E-state index contributed by atoms with van der Waals surface area (Å²) in [5.74, 6) is 0.0894. The van der Waals surface area contributed by atoms with Crippen LogP contribution in [0.25, 0.3) is 11.0 Å². The number of carbonyl (C=O) groups excluding carboxylic acids is 1. The number of hydrogen-bond donors (Lipinski definition) is 1. The van der Waals surface area contributed by atoms with Gasteiger partial charge in [0.1, 0.15) is 0 Å². The van der Waals surface area contributed by atoms with Crippen molar-refractivity contribution in [1.82, 2.24) is 14.8 Å². The van der Waals surface area contributed by atoms with E-state index in [2.05, 4.69) is 15.4 Å². The average molecular weight is 420 g/mol. The summed E-state index contributed by atoms with van der Waals surface area (Å²) >= 11 is 0. The number of alkyl halides is 3. The molecule has 3 aromatic rings. The van der Waals surface area contributed by atoms with E-state index in [1.165, 1.54) is 26.2 Å². The molecule has 2 aromatic heterocycles. The molecule has 0 radical (unpaired) electrons. The summed E-state index contributed by atoms with van der Waals surface area (Å²) in [7, 11) is 3.31. The van der Waals surface area contributed by atoms with Crippen molar-refractivity contribution in [1.29, 1.82) is 0 Å². The second-order valence-electron chi connectivity index (χ2n) is 7.21. The minimum atomic E-state index is -4.47. The standard InChI is InChI=1S/C21H23F3N4O2/c1-11-6-7-14(10-16(11)21(22,23)24)26-17(29)9-8-15-12(2)18-19(25-13(15)3)28(4)27-20(18)30-5/h6-7,10H,8-9H2,1-5H3,(H,26,29). The van der Waals surface area contributed by atoms with Crippen LogP contribution in [0.2, 0.25) is 0 Å². The van der Waals surface area contributed by atoms with Crippen LogP contribution in [0, 0.1) is 20.8 Å². The Bertz CT molecular complexity index is 1120. The lowest BCUT2D eigenvalue weighted by Gasteiger charge is -2.14. The molecule has 160 valence electrons. The molecule has 1 aromatic carbocycles. The second kappa shape index (κ2) is 7.97. The second-order valence-corrected chi connectivity index (χ2v) is 7.21. The van der Waals surface area contributed by atoms with E-state index >= 15 is 0 Å². The average Bonchev–Trinajstić information content (AvgIpc) is 2.98. The van der Waals surface area contributed by atoms with Crippen molar-refractivity contribution in [2.75, 3.05) is 12.4 Å². The Balaban J connectivity index is 1.79. The summed E-state index contributed by atoms with van der Waals surface area (Å²) in [5, 5.41) is 7.64. The van der Waals surface area contributed by atoms with Gasteiger partial charge >= 0.3 is 6.18 Å². The highest BCUT2D eigenvalue weighted by Gasteiger charge is 2.32. The number of hydrogen-bond acceptors (Lipinski definition) is 4. The summed E-state index contributed by atoms with van der Waals surface area (Å²) in [5.41, 5.74) is 2.74. The van der Waals surface area contributed by atoms with Crippen molar-refractivity contribution >= 4 is 22.6 Å². The number of aryl methyl sites for hydroxylation is 4. The zero-order valence-corrected chi connectivity index (χ0v) is 17.4. The summed E-state index contributed by atoms with van der Waals surface area (Å²) < 4.78 is 46.2. The van der Waals surface area contributed by atoms with Gasteiger partial charge in [-0.3, -0.25) is 4.79 Å². The van der Waals surface area contributed by atoms with Gasteiger partial charge in [-0.2, -0.15) is 13.2 Å². The van der Waals surface area contributed by atoms with Crippen LogP contribution in [0.15, 0.2) is 18.2 Å². The molecule has 3 rings (SSSR count). The Hall–Kier alpha value is -3.10. The number of benzene rings is 1. The largest absolute Gasteiger partial charge is 0.479 e. The molecule has 0 bridgehead atoms. The molecule has 1 amide bonds. The molecule has 0 spiro atoms. The third-order valence-electron chi connectivity index (χ3n) is 5.14. The molecule has 0 fully saturated rings. The number of rotatable bonds is 5. The molecule has 0 aliphatic heterocycles. The van der Waals surface area contributed by atoms with Gasteiger partial charge in [-0.1, -0.05) is 6.07 Å². The molecule has 0 aliphatic carbocycles. The summed E-state index contributed by atoms with van der Waals surface area (Å²) in [6.45, 7) is 5.16. The number of nitrogens with zero attached hydrogens (tertiary/aromatic N) is 3. The number of nitrogens with one attached hydrogen (secondary N) is 1. The number of aromatic nitrogens is 3.